The van der Waals surface area contributed by atoms with E-state index in [0.717, 1.165) is 0 Å². The molecule has 1 atom stereocenters. The van der Waals surface area contributed by atoms with Gasteiger partial charge in [-0.05, 0) is 25.0 Å². The summed E-state index contributed by atoms with van der Waals surface area (Å²) in [6.07, 6.45) is 3.30. The van der Waals surface area contributed by atoms with Gasteiger partial charge in [0.1, 0.15) is 17.6 Å². The summed E-state index contributed by atoms with van der Waals surface area (Å²) in [6.45, 7) is 6.10. The number of aromatic nitrogens is 3. The molecule has 0 aliphatic rings. The molecular weight excluding hydrogens is 282 g/mol. The largest absolute Gasteiger partial charge is 0.472 e. The van der Waals surface area contributed by atoms with Gasteiger partial charge in [0.2, 0.25) is 0 Å². The number of rotatable bonds is 5. The van der Waals surface area contributed by atoms with Crippen LogP contribution in [0.1, 0.15) is 20.8 Å². The lowest BCUT2D eigenvalue weighted by Gasteiger charge is -2.17. The number of amides is 2. The van der Waals surface area contributed by atoms with Gasteiger partial charge in [-0.1, -0.05) is 19.9 Å². The Bertz CT molecular complexity index is 624. The third-order valence-corrected chi connectivity index (χ3v) is 3.19. The quantitative estimate of drug-likeness (QED) is 0.890. The van der Waals surface area contributed by atoms with Crippen LogP contribution < -0.4 is 15.4 Å². The van der Waals surface area contributed by atoms with Crippen molar-refractivity contribution in [2.75, 3.05) is 10.6 Å². The van der Waals surface area contributed by atoms with Crippen molar-refractivity contribution in [3.05, 3.63) is 30.6 Å². The summed E-state index contributed by atoms with van der Waals surface area (Å²) in [4.78, 5) is 16.0. The first-order valence-electron chi connectivity index (χ1n) is 7.15. The van der Waals surface area contributed by atoms with Crippen molar-refractivity contribution in [3.8, 4) is 5.88 Å². The van der Waals surface area contributed by atoms with Gasteiger partial charge < -0.3 is 10.1 Å². The Morgan fingerprint density at radius 2 is 2.05 bits per heavy atom. The smallest absolute Gasteiger partial charge is 0.325 e. The van der Waals surface area contributed by atoms with Crippen molar-refractivity contribution in [2.24, 2.45) is 13.0 Å². The fourth-order valence-electron chi connectivity index (χ4n) is 1.66. The van der Waals surface area contributed by atoms with Crippen LogP contribution in [0, 0.1) is 5.92 Å². The first-order chi connectivity index (χ1) is 10.5. The van der Waals surface area contributed by atoms with Crippen LogP contribution in [0.15, 0.2) is 30.6 Å². The molecule has 0 saturated heterocycles. The first-order valence-corrected chi connectivity index (χ1v) is 7.15. The van der Waals surface area contributed by atoms with Gasteiger partial charge in [0.25, 0.3) is 5.88 Å². The molecule has 0 spiro atoms. The number of anilines is 2. The summed E-state index contributed by atoms with van der Waals surface area (Å²) in [5, 5.41) is 9.60. The Morgan fingerprint density at radius 1 is 1.27 bits per heavy atom. The highest BCUT2D eigenvalue weighted by Crippen LogP contribution is 2.24. The van der Waals surface area contributed by atoms with E-state index in [2.05, 4.69) is 34.6 Å². The van der Waals surface area contributed by atoms with Gasteiger partial charge in [-0.25, -0.2) is 9.78 Å². The molecule has 7 heteroatoms. The molecule has 2 rings (SSSR count). The van der Waals surface area contributed by atoms with E-state index in [9.17, 15) is 4.79 Å². The molecule has 7 nitrogen and oxygen atoms in total. The number of aryl methyl sites for hydroxylation is 1. The van der Waals surface area contributed by atoms with Gasteiger partial charge in [0.05, 0.1) is 6.20 Å². The second kappa shape index (κ2) is 6.93. The van der Waals surface area contributed by atoms with E-state index in [-0.39, 0.29) is 6.10 Å². The van der Waals surface area contributed by atoms with Crippen molar-refractivity contribution in [3.63, 3.8) is 0 Å². The second-order valence-corrected chi connectivity index (χ2v) is 5.38. The molecule has 1 unspecified atom stereocenters. The summed E-state index contributed by atoms with van der Waals surface area (Å²) >= 11 is 0. The number of carbonyl (C=O) groups is 1. The highest BCUT2D eigenvalue weighted by molar-refractivity contribution is 5.99. The molecule has 0 radical (unpaired) electrons. The van der Waals surface area contributed by atoms with Crippen LogP contribution in [0.4, 0.5) is 16.3 Å². The molecule has 0 fully saturated rings. The number of carbonyl (C=O) groups excluding carboxylic acids is 1. The van der Waals surface area contributed by atoms with Gasteiger partial charge in [-0.15, -0.1) is 5.10 Å². The number of hydrogen-bond donors (Lipinski definition) is 2. The van der Waals surface area contributed by atoms with E-state index >= 15 is 0 Å². The molecule has 2 heterocycles. The summed E-state index contributed by atoms with van der Waals surface area (Å²) < 4.78 is 7.38. The maximum atomic E-state index is 12.0. The third kappa shape index (κ3) is 4.21. The van der Waals surface area contributed by atoms with Crippen LogP contribution >= 0.6 is 0 Å². The van der Waals surface area contributed by atoms with E-state index < -0.39 is 6.03 Å². The zero-order valence-electron chi connectivity index (χ0n) is 13.2. The number of nitrogens with one attached hydrogen (secondary N) is 2. The minimum Gasteiger partial charge on any atom is -0.472 e. The van der Waals surface area contributed by atoms with Crippen molar-refractivity contribution in [1.29, 1.82) is 0 Å². The monoisotopic (exact) mass is 303 g/mol. The topological polar surface area (TPSA) is 81.1 Å². The fraction of sp³-hybridized carbons (Fsp3) is 0.400. The molecule has 0 aliphatic heterocycles. The molecule has 0 aromatic carbocycles. The van der Waals surface area contributed by atoms with Crippen LogP contribution in [0.3, 0.4) is 0 Å². The zero-order chi connectivity index (χ0) is 16.1. The minimum atomic E-state index is -0.395. The Kier molecular flexibility index (Phi) is 4.98. The number of ether oxygens (including phenoxy) is 1. The van der Waals surface area contributed by atoms with Gasteiger partial charge in [0.15, 0.2) is 0 Å². The van der Waals surface area contributed by atoms with Crippen LogP contribution in [0.25, 0.3) is 0 Å². The molecule has 2 amide bonds. The first kappa shape index (κ1) is 15.8. The molecule has 0 saturated carbocycles. The molecule has 2 aromatic rings. The number of nitrogens with zero attached hydrogens (tertiary/aromatic N) is 3. The highest BCUT2D eigenvalue weighted by Gasteiger charge is 2.17. The molecular formula is C15H21N5O2. The maximum absolute atomic E-state index is 12.0. The normalized spacial score (nSPS) is 12.0. The fourth-order valence-corrected chi connectivity index (χ4v) is 1.66. The van der Waals surface area contributed by atoms with E-state index in [4.69, 9.17) is 4.74 Å². The highest BCUT2D eigenvalue weighted by atomic mass is 16.5. The second-order valence-electron chi connectivity index (χ2n) is 5.38. The Hall–Kier alpha value is -2.57. The van der Waals surface area contributed by atoms with Crippen LogP contribution in [-0.2, 0) is 7.05 Å². The predicted molar refractivity (Wildman–Crippen MR) is 85.0 cm³/mol. The van der Waals surface area contributed by atoms with Gasteiger partial charge >= 0.3 is 6.03 Å². The van der Waals surface area contributed by atoms with E-state index in [0.29, 0.717) is 23.3 Å². The van der Waals surface area contributed by atoms with Crippen LogP contribution in [-0.4, -0.2) is 26.9 Å². The molecule has 22 heavy (non-hydrogen) atoms. The van der Waals surface area contributed by atoms with Crippen LogP contribution in [0.5, 0.6) is 5.88 Å². The molecule has 0 bridgehead atoms. The average molecular weight is 303 g/mol. The summed E-state index contributed by atoms with van der Waals surface area (Å²) in [7, 11) is 1.77. The lowest BCUT2D eigenvalue weighted by atomic mass is 10.1. The average Bonchev–Trinajstić information content (AvgIpc) is 2.79. The maximum Gasteiger partial charge on any atom is 0.325 e. The van der Waals surface area contributed by atoms with Crippen LogP contribution in [0.2, 0.25) is 0 Å². The standard InChI is InChI=1S/C15H21N5O2/c1-10(2)11(3)22-14-12(9-20(4)19-14)17-15(21)18-13-7-5-6-8-16-13/h5-11H,1-4H3,(H2,16,17,18,21). The van der Waals surface area contributed by atoms with E-state index in [1.807, 2.05) is 6.92 Å². The Balaban J connectivity index is 2.04. The molecule has 118 valence electrons. The van der Waals surface area contributed by atoms with Gasteiger partial charge in [-0.3, -0.25) is 10.00 Å². The van der Waals surface area contributed by atoms with Gasteiger partial charge in [0, 0.05) is 13.2 Å². The summed E-state index contributed by atoms with van der Waals surface area (Å²) in [5.41, 5.74) is 0.517. The van der Waals surface area contributed by atoms with Crippen molar-refractivity contribution in [1.82, 2.24) is 14.8 Å². The SMILES string of the molecule is CC(C)C(C)Oc1nn(C)cc1NC(=O)Nc1ccccn1. The van der Waals surface area contributed by atoms with E-state index in [1.165, 1.54) is 0 Å². The lowest BCUT2D eigenvalue weighted by Crippen LogP contribution is -2.22. The van der Waals surface area contributed by atoms with Gasteiger partial charge in [-0.2, -0.15) is 0 Å². The number of hydrogen-bond acceptors (Lipinski definition) is 4. The summed E-state index contributed by atoms with van der Waals surface area (Å²) in [5.74, 6) is 1.22. The van der Waals surface area contributed by atoms with Crippen molar-refractivity contribution in [2.45, 2.75) is 26.9 Å². The Morgan fingerprint density at radius 3 is 2.68 bits per heavy atom. The van der Waals surface area contributed by atoms with Crippen molar-refractivity contribution >= 4 is 17.5 Å². The Labute approximate surface area is 129 Å². The summed E-state index contributed by atoms with van der Waals surface area (Å²) in [6, 6.07) is 4.89. The number of urea groups is 1. The van der Waals surface area contributed by atoms with Crippen molar-refractivity contribution < 1.29 is 9.53 Å². The minimum absolute atomic E-state index is 0.00528. The predicted octanol–water partition coefficient (Wildman–Crippen LogP) is 2.88. The molecule has 0 aliphatic carbocycles. The third-order valence-electron chi connectivity index (χ3n) is 3.19. The van der Waals surface area contributed by atoms with E-state index in [1.54, 1.807) is 42.3 Å². The lowest BCUT2D eigenvalue weighted by molar-refractivity contribution is 0.163. The molecule has 2 aromatic heterocycles. The molecule has 2 N–H and O–H groups in total. The zero-order valence-corrected chi connectivity index (χ0v) is 13.2. The number of pyridine rings is 1.